The van der Waals surface area contributed by atoms with Crippen LogP contribution in [0.1, 0.15) is 13.3 Å². The molecule has 8 nitrogen and oxygen atoms in total. The minimum Gasteiger partial charge on any atom is -0.481 e. The average molecular weight is 292 g/mol. The second-order valence-corrected chi connectivity index (χ2v) is 4.22. The maximum Gasteiger partial charge on any atom is 0.322 e. The molecule has 0 saturated heterocycles. The largest absolute Gasteiger partial charge is 0.481 e. The van der Waals surface area contributed by atoms with Gasteiger partial charge in [0.2, 0.25) is 11.8 Å². The number of hydrogen-bond donors (Lipinski definition) is 5. The van der Waals surface area contributed by atoms with Crippen LogP contribution >= 0.6 is 12.6 Å². The van der Waals surface area contributed by atoms with Crippen molar-refractivity contribution in [1.29, 1.82) is 0 Å². The zero-order valence-electron chi connectivity index (χ0n) is 10.3. The predicted octanol–water partition coefficient (Wildman–Crippen LogP) is -1.29. The van der Waals surface area contributed by atoms with Gasteiger partial charge >= 0.3 is 11.9 Å². The lowest BCUT2D eigenvalue weighted by Gasteiger charge is -2.16. The minimum atomic E-state index is -1.21. The van der Waals surface area contributed by atoms with Gasteiger partial charge in [0.25, 0.3) is 0 Å². The van der Waals surface area contributed by atoms with Crippen LogP contribution in [0.25, 0.3) is 0 Å². The van der Waals surface area contributed by atoms with Crippen LogP contribution in [0.4, 0.5) is 0 Å². The molecule has 0 spiro atoms. The monoisotopic (exact) mass is 292 g/mol. The molecule has 0 aromatic rings. The van der Waals surface area contributed by atoms with E-state index >= 15 is 0 Å². The Balaban J connectivity index is 4.31. The maximum absolute atomic E-state index is 11.5. The van der Waals surface area contributed by atoms with Crippen molar-refractivity contribution >= 4 is 36.4 Å². The molecule has 0 aromatic carbocycles. The molecular weight excluding hydrogens is 276 g/mol. The molecule has 0 radical (unpaired) electrons. The first-order valence-electron chi connectivity index (χ1n) is 5.40. The molecule has 0 rings (SSSR count). The number of amides is 2. The Morgan fingerprint density at radius 2 is 1.79 bits per heavy atom. The molecule has 0 bridgehead atoms. The lowest BCUT2D eigenvalue weighted by Crippen LogP contribution is -2.49. The zero-order chi connectivity index (χ0) is 15.0. The number of carboxylic acid groups (broad SMARTS) is 2. The number of carbonyl (C=O) groups excluding carboxylic acids is 2. The van der Waals surface area contributed by atoms with Crippen molar-refractivity contribution in [3.05, 3.63) is 0 Å². The molecule has 0 aliphatic carbocycles. The van der Waals surface area contributed by atoms with E-state index in [1.807, 2.05) is 0 Å². The molecule has 2 amide bonds. The Morgan fingerprint density at radius 3 is 2.21 bits per heavy atom. The summed E-state index contributed by atoms with van der Waals surface area (Å²) in [5.41, 5.74) is 0. The SMILES string of the molecule is CC(CC(=O)NC(CS)C(=O)NCC(=O)O)C(=O)O. The van der Waals surface area contributed by atoms with Gasteiger partial charge in [-0.1, -0.05) is 6.92 Å². The lowest BCUT2D eigenvalue weighted by molar-refractivity contribution is -0.143. The van der Waals surface area contributed by atoms with Crippen LogP contribution in [-0.2, 0) is 19.2 Å². The van der Waals surface area contributed by atoms with Gasteiger partial charge in [-0.2, -0.15) is 12.6 Å². The molecule has 2 atom stereocenters. The van der Waals surface area contributed by atoms with Crippen molar-refractivity contribution < 1.29 is 29.4 Å². The van der Waals surface area contributed by atoms with E-state index in [0.29, 0.717) is 0 Å². The molecular formula is C10H16N2O6S. The molecule has 9 heteroatoms. The number of carbonyl (C=O) groups is 4. The van der Waals surface area contributed by atoms with E-state index in [1.54, 1.807) is 0 Å². The summed E-state index contributed by atoms with van der Waals surface area (Å²) in [7, 11) is 0. The van der Waals surface area contributed by atoms with Crippen LogP contribution in [0, 0.1) is 5.92 Å². The van der Waals surface area contributed by atoms with Gasteiger partial charge in [-0.25, -0.2) is 0 Å². The summed E-state index contributed by atoms with van der Waals surface area (Å²) < 4.78 is 0. The van der Waals surface area contributed by atoms with Crippen molar-refractivity contribution in [2.75, 3.05) is 12.3 Å². The van der Waals surface area contributed by atoms with E-state index in [1.165, 1.54) is 6.92 Å². The standard InChI is InChI=1S/C10H16N2O6S/c1-5(10(17)18)2-7(13)12-6(4-19)9(16)11-3-8(14)15/h5-6,19H,2-4H2,1H3,(H,11,16)(H,12,13)(H,14,15)(H,17,18). The van der Waals surface area contributed by atoms with Gasteiger partial charge in [0.15, 0.2) is 0 Å². The highest BCUT2D eigenvalue weighted by molar-refractivity contribution is 7.80. The number of rotatable bonds is 8. The van der Waals surface area contributed by atoms with Crippen LogP contribution in [0.5, 0.6) is 0 Å². The highest BCUT2D eigenvalue weighted by atomic mass is 32.1. The van der Waals surface area contributed by atoms with Gasteiger partial charge in [0, 0.05) is 12.2 Å². The topological polar surface area (TPSA) is 133 Å². The lowest BCUT2D eigenvalue weighted by atomic mass is 10.1. The Morgan fingerprint density at radius 1 is 1.21 bits per heavy atom. The zero-order valence-corrected chi connectivity index (χ0v) is 11.1. The summed E-state index contributed by atoms with van der Waals surface area (Å²) in [4.78, 5) is 43.8. The summed E-state index contributed by atoms with van der Waals surface area (Å²) in [5, 5.41) is 21.4. The predicted molar refractivity (Wildman–Crippen MR) is 67.8 cm³/mol. The maximum atomic E-state index is 11.5. The molecule has 19 heavy (non-hydrogen) atoms. The average Bonchev–Trinajstić information content (AvgIpc) is 2.32. The number of nitrogens with one attached hydrogen (secondary N) is 2. The van der Waals surface area contributed by atoms with Crippen LogP contribution < -0.4 is 10.6 Å². The van der Waals surface area contributed by atoms with E-state index in [0.717, 1.165) is 0 Å². The second-order valence-electron chi connectivity index (χ2n) is 3.86. The molecule has 2 unspecified atom stereocenters. The van der Waals surface area contributed by atoms with Gasteiger partial charge in [0.1, 0.15) is 12.6 Å². The summed E-state index contributed by atoms with van der Waals surface area (Å²) >= 11 is 3.87. The summed E-state index contributed by atoms with van der Waals surface area (Å²) in [6.45, 7) is 0.798. The molecule has 0 aliphatic rings. The molecule has 0 aliphatic heterocycles. The summed E-state index contributed by atoms with van der Waals surface area (Å²) in [5.74, 6) is -4.53. The first-order valence-corrected chi connectivity index (χ1v) is 6.03. The molecule has 0 heterocycles. The van der Waals surface area contributed by atoms with Crippen LogP contribution in [0.15, 0.2) is 0 Å². The summed E-state index contributed by atoms with van der Waals surface area (Å²) in [6, 6.07) is -1.00. The van der Waals surface area contributed by atoms with E-state index in [4.69, 9.17) is 10.2 Å². The third-order valence-corrected chi connectivity index (χ3v) is 2.53. The third-order valence-electron chi connectivity index (χ3n) is 2.16. The fourth-order valence-electron chi connectivity index (χ4n) is 1.10. The van der Waals surface area contributed by atoms with E-state index in [9.17, 15) is 19.2 Å². The van der Waals surface area contributed by atoms with E-state index in [2.05, 4.69) is 23.3 Å². The van der Waals surface area contributed by atoms with Crippen LogP contribution in [0.2, 0.25) is 0 Å². The van der Waals surface area contributed by atoms with Crippen molar-refractivity contribution in [3.63, 3.8) is 0 Å². The number of aliphatic carboxylic acids is 2. The van der Waals surface area contributed by atoms with Crippen molar-refractivity contribution in [1.82, 2.24) is 10.6 Å². The fraction of sp³-hybridized carbons (Fsp3) is 0.600. The van der Waals surface area contributed by atoms with Crippen LogP contribution in [-0.4, -0.2) is 52.3 Å². The van der Waals surface area contributed by atoms with E-state index < -0.39 is 42.3 Å². The van der Waals surface area contributed by atoms with Crippen molar-refractivity contribution in [2.45, 2.75) is 19.4 Å². The highest BCUT2D eigenvalue weighted by Gasteiger charge is 2.22. The Bertz CT molecular complexity index is 373. The van der Waals surface area contributed by atoms with Crippen LogP contribution in [0.3, 0.4) is 0 Å². The quantitative estimate of drug-likeness (QED) is 0.354. The summed E-state index contributed by atoms with van der Waals surface area (Å²) in [6.07, 6.45) is -0.272. The smallest absolute Gasteiger partial charge is 0.322 e. The Hall–Kier alpha value is -1.77. The Labute approximate surface area is 115 Å². The normalized spacial score (nSPS) is 13.2. The molecule has 4 N–H and O–H groups in total. The second kappa shape index (κ2) is 8.35. The van der Waals surface area contributed by atoms with Crippen molar-refractivity contribution in [2.24, 2.45) is 5.92 Å². The molecule has 0 saturated carbocycles. The fourth-order valence-corrected chi connectivity index (χ4v) is 1.36. The molecule has 0 fully saturated rings. The number of thiol groups is 1. The van der Waals surface area contributed by atoms with E-state index in [-0.39, 0.29) is 12.2 Å². The highest BCUT2D eigenvalue weighted by Crippen LogP contribution is 2.02. The van der Waals surface area contributed by atoms with Gasteiger partial charge in [-0.05, 0) is 0 Å². The van der Waals surface area contributed by atoms with Crippen molar-refractivity contribution in [3.8, 4) is 0 Å². The first-order chi connectivity index (χ1) is 8.77. The first kappa shape index (κ1) is 17.2. The van der Waals surface area contributed by atoms with Gasteiger partial charge in [-0.15, -0.1) is 0 Å². The third kappa shape index (κ3) is 7.29. The van der Waals surface area contributed by atoms with Gasteiger partial charge in [-0.3, -0.25) is 19.2 Å². The minimum absolute atomic E-state index is 0.0291. The molecule has 108 valence electrons. The Kier molecular flexibility index (Phi) is 7.57. The number of hydrogen-bond acceptors (Lipinski definition) is 5. The molecule has 0 aromatic heterocycles. The van der Waals surface area contributed by atoms with Gasteiger partial charge in [0.05, 0.1) is 5.92 Å². The van der Waals surface area contributed by atoms with Gasteiger partial charge < -0.3 is 20.8 Å². The number of carboxylic acids is 2.